The highest BCUT2D eigenvalue weighted by Gasteiger charge is 2.52. The number of likely N-dealkylation sites (tertiary alicyclic amines) is 1. The molecule has 2 saturated heterocycles. The maximum Gasteiger partial charge on any atom is 0.290 e. The van der Waals surface area contributed by atoms with Crippen LogP contribution in [0.4, 0.5) is 0 Å². The van der Waals surface area contributed by atoms with Gasteiger partial charge in [0.25, 0.3) is 6.47 Å². The number of ether oxygens (including phenoxy) is 1. The molecule has 184 valence electrons. The summed E-state index contributed by atoms with van der Waals surface area (Å²) < 4.78 is 5.51. The van der Waals surface area contributed by atoms with E-state index in [4.69, 9.17) is 14.6 Å². The standard InChI is InChI=1S/C20H33N7O3.CH2O2/c1-15(28)27-8-5-16-13-17(26-9-11-30-12-10-26)4-6-20(16,14-27)19(29)21-7-2-3-18-22-24-25-23-18;2-1-3/h16-17H,2-14H2,1H3,(H,21,29)(H,22,23,24,25);1H,(H,2,3)/t16-,17-,20-;/m1./s1. The number of aromatic amines is 1. The predicted octanol–water partition coefficient (Wildman–Crippen LogP) is -0.311. The second-order valence-electron chi connectivity index (χ2n) is 8.95. The average Bonchev–Trinajstić information content (AvgIpc) is 3.35. The van der Waals surface area contributed by atoms with Gasteiger partial charge in [0.1, 0.15) is 0 Å². The van der Waals surface area contributed by atoms with Crippen molar-refractivity contribution in [1.29, 1.82) is 0 Å². The van der Waals surface area contributed by atoms with Gasteiger partial charge in [-0.1, -0.05) is 5.21 Å². The van der Waals surface area contributed by atoms with Gasteiger partial charge in [-0.15, -0.1) is 10.2 Å². The van der Waals surface area contributed by atoms with Crippen LogP contribution < -0.4 is 5.32 Å². The number of carbonyl (C=O) groups is 3. The molecule has 3 heterocycles. The SMILES string of the molecule is CC(=O)N1CC[C@@H]2C[C@H](N3CCOCC3)CC[C@@]2(C(=O)NCCCc2nn[nH]n2)C1.O=CO. The summed E-state index contributed by atoms with van der Waals surface area (Å²) in [7, 11) is 0. The zero-order valence-electron chi connectivity index (χ0n) is 19.2. The van der Waals surface area contributed by atoms with Crippen LogP contribution in [0.15, 0.2) is 0 Å². The molecule has 33 heavy (non-hydrogen) atoms. The van der Waals surface area contributed by atoms with Gasteiger partial charge in [0.05, 0.1) is 18.6 Å². The van der Waals surface area contributed by atoms with Gasteiger partial charge in [-0.3, -0.25) is 19.3 Å². The van der Waals surface area contributed by atoms with Crippen molar-refractivity contribution in [2.75, 3.05) is 45.9 Å². The molecule has 0 radical (unpaired) electrons. The minimum absolute atomic E-state index is 0.0630. The number of carboxylic acid groups (broad SMARTS) is 1. The fourth-order valence-corrected chi connectivity index (χ4v) is 5.46. The third-order valence-corrected chi connectivity index (χ3v) is 7.19. The molecule has 3 N–H and O–H groups in total. The van der Waals surface area contributed by atoms with Gasteiger partial charge in [0.2, 0.25) is 11.8 Å². The van der Waals surface area contributed by atoms with Crippen LogP contribution in [0, 0.1) is 11.3 Å². The fourth-order valence-electron chi connectivity index (χ4n) is 5.46. The largest absolute Gasteiger partial charge is 0.483 e. The van der Waals surface area contributed by atoms with Crippen LogP contribution in [0.3, 0.4) is 0 Å². The molecule has 0 bridgehead atoms. The van der Waals surface area contributed by atoms with Crippen molar-refractivity contribution < 1.29 is 24.2 Å². The Balaban J connectivity index is 0.000000968. The Kier molecular flexibility index (Phi) is 9.12. The zero-order chi connectivity index (χ0) is 23.7. The molecule has 3 atom stereocenters. The quantitative estimate of drug-likeness (QED) is 0.379. The van der Waals surface area contributed by atoms with Crippen molar-refractivity contribution in [3.63, 3.8) is 0 Å². The minimum Gasteiger partial charge on any atom is -0.483 e. The average molecular weight is 466 g/mol. The molecule has 3 aliphatic rings. The first-order valence-corrected chi connectivity index (χ1v) is 11.7. The van der Waals surface area contributed by atoms with Crippen molar-refractivity contribution in [3.8, 4) is 0 Å². The van der Waals surface area contributed by atoms with Gasteiger partial charge < -0.3 is 20.1 Å². The Labute approximate surface area is 193 Å². The van der Waals surface area contributed by atoms with E-state index in [0.717, 1.165) is 65.0 Å². The van der Waals surface area contributed by atoms with Gasteiger partial charge in [0.15, 0.2) is 5.82 Å². The van der Waals surface area contributed by atoms with Crippen LogP contribution >= 0.6 is 0 Å². The van der Waals surface area contributed by atoms with E-state index < -0.39 is 5.41 Å². The third kappa shape index (κ3) is 6.26. The lowest BCUT2D eigenvalue weighted by Crippen LogP contribution is -2.61. The molecule has 0 unspecified atom stereocenters. The predicted molar refractivity (Wildman–Crippen MR) is 117 cm³/mol. The Hall–Kier alpha value is -2.60. The highest BCUT2D eigenvalue weighted by atomic mass is 16.5. The third-order valence-electron chi connectivity index (χ3n) is 7.19. The van der Waals surface area contributed by atoms with Crippen LogP contribution in [-0.4, -0.2) is 106 Å². The number of nitrogens with zero attached hydrogens (tertiary/aromatic N) is 5. The van der Waals surface area contributed by atoms with E-state index in [1.165, 1.54) is 0 Å². The maximum absolute atomic E-state index is 13.4. The molecule has 1 saturated carbocycles. The van der Waals surface area contributed by atoms with Crippen molar-refractivity contribution >= 4 is 18.3 Å². The zero-order valence-corrected chi connectivity index (χ0v) is 19.2. The minimum atomic E-state index is -0.473. The van der Waals surface area contributed by atoms with Crippen LogP contribution in [-0.2, 0) is 25.5 Å². The number of nitrogens with one attached hydrogen (secondary N) is 2. The number of amides is 2. The first kappa shape index (κ1) is 25.0. The first-order valence-electron chi connectivity index (χ1n) is 11.7. The summed E-state index contributed by atoms with van der Waals surface area (Å²) in [6.07, 6.45) is 5.20. The molecule has 1 aliphatic carbocycles. The number of fused-ring (bicyclic) bond motifs is 1. The van der Waals surface area contributed by atoms with Crippen molar-refractivity contribution in [2.45, 2.75) is 51.5 Å². The van der Waals surface area contributed by atoms with E-state index in [1.807, 2.05) is 4.90 Å². The molecule has 1 aromatic rings. The number of carbonyl (C=O) groups excluding carboxylic acids is 2. The number of aromatic nitrogens is 4. The van der Waals surface area contributed by atoms with Gasteiger partial charge in [-0.05, 0) is 38.0 Å². The topological polar surface area (TPSA) is 154 Å². The summed E-state index contributed by atoms with van der Waals surface area (Å²) in [4.78, 5) is 38.3. The van der Waals surface area contributed by atoms with Crippen LogP contribution in [0.25, 0.3) is 0 Å². The number of hydrogen-bond acceptors (Lipinski definition) is 8. The summed E-state index contributed by atoms with van der Waals surface area (Å²) in [5, 5.41) is 24.0. The molecule has 0 spiro atoms. The van der Waals surface area contributed by atoms with Gasteiger partial charge in [-0.2, -0.15) is 5.21 Å². The van der Waals surface area contributed by atoms with Crippen LogP contribution in [0.1, 0.15) is 44.9 Å². The number of morpholine rings is 1. The first-order chi connectivity index (χ1) is 16.0. The molecule has 0 aromatic carbocycles. The van der Waals surface area contributed by atoms with Crippen molar-refractivity contribution in [1.82, 2.24) is 35.7 Å². The van der Waals surface area contributed by atoms with Crippen molar-refractivity contribution in [2.24, 2.45) is 11.3 Å². The Morgan fingerprint density at radius 3 is 2.73 bits per heavy atom. The van der Waals surface area contributed by atoms with E-state index in [2.05, 4.69) is 30.8 Å². The van der Waals surface area contributed by atoms with Crippen molar-refractivity contribution in [3.05, 3.63) is 5.82 Å². The summed E-state index contributed by atoms with van der Waals surface area (Å²) in [6, 6.07) is 0.516. The molecule has 2 aliphatic heterocycles. The van der Waals surface area contributed by atoms with Crippen LogP contribution in [0.2, 0.25) is 0 Å². The summed E-state index contributed by atoms with van der Waals surface area (Å²) in [5.74, 6) is 1.14. The molecule has 12 nitrogen and oxygen atoms in total. The molecular weight excluding hydrogens is 430 g/mol. The number of H-pyrrole nitrogens is 1. The Morgan fingerprint density at radius 2 is 2.06 bits per heavy atom. The van der Waals surface area contributed by atoms with Gasteiger partial charge >= 0.3 is 0 Å². The highest BCUT2D eigenvalue weighted by molar-refractivity contribution is 5.85. The number of aryl methyl sites for hydroxylation is 1. The Morgan fingerprint density at radius 1 is 1.30 bits per heavy atom. The second kappa shape index (κ2) is 12.0. The molecular formula is C21H35N7O5. The molecule has 3 fully saturated rings. The lowest BCUT2D eigenvalue weighted by molar-refractivity contribution is -0.150. The molecule has 2 amide bonds. The van der Waals surface area contributed by atoms with Gasteiger partial charge in [0, 0.05) is 52.1 Å². The smallest absolute Gasteiger partial charge is 0.290 e. The monoisotopic (exact) mass is 465 g/mol. The van der Waals surface area contributed by atoms with Gasteiger partial charge in [-0.25, -0.2) is 0 Å². The summed E-state index contributed by atoms with van der Waals surface area (Å²) in [6.45, 7) is 6.78. The van der Waals surface area contributed by atoms with E-state index in [0.29, 0.717) is 37.3 Å². The summed E-state index contributed by atoms with van der Waals surface area (Å²) in [5.41, 5.74) is -0.473. The number of hydrogen-bond donors (Lipinski definition) is 3. The summed E-state index contributed by atoms with van der Waals surface area (Å²) >= 11 is 0. The van der Waals surface area contributed by atoms with E-state index >= 15 is 0 Å². The fraction of sp³-hybridized carbons (Fsp3) is 0.810. The normalized spacial score (nSPS) is 27.6. The Bertz CT molecular complexity index is 771. The van der Waals surface area contributed by atoms with Crippen LogP contribution in [0.5, 0.6) is 0 Å². The van der Waals surface area contributed by atoms with E-state index in [1.54, 1.807) is 6.92 Å². The lowest BCUT2D eigenvalue weighted by atomic mass is 9.61. The molecule has 1 aromatic heterocycles. The number of piperidine rings is 1. The number of tetrazole rings is 1. The second-order valence-corrected chi connectivity index (χ2v) is 8.95. The molecule has 12 heteroatoms. The maximum atomic E-state index is 13.4. The number of rotatable bonds is 6. The van der Waals surface area contributed by atoms with E-state index in [-0.39, 0.29) is 18.3 Å². The lowest BCUT2D eigenvalue weighted by Gasteiger charge is -2.53. The molecule has 4 rings (SSSR count). The highest BCUT2D eigenvalue weighted by Crippen LogP contribution is 2.48. The van der Waals surface area contributed by atoms with E-state index in [9.17, 15) is 9.59 Å².